The fourth-order valence-electron chi connectivity index (χ4n) is 1.33. The first-order chi connectivity index (χ1) is 8.60. The lowest BCUT2D eigenvalue weighted by molar-refractivity contribution is 0.274. The topological polar surface area (TPSA) is 42.4 Å². The maximum absolute atomic E-state index is 13.2. The molecule has 0 aliphatic rings. The van der Waals surface area contributed by atoms with Crippen molar-refractivity contribution < 1.29 is 18.6 Å². The first-order valence-corrected chi connectivity index (χ1v) is 5.36. The summed E-state index contributed by atoms with van der Waals surface area (Å²) in [7, 11) is 0. The predicted octanol–water partition coefficient (Wildman–Crippen LogP) is 3.30. The number of hydrogen-bond donors (Lipinski definition) is 1. The summed E-state index contributed by atoms with van der Waals surface area (Å²) in [5, 5.41) is 9.01. The highest BCUT2D eigenvalue weighted by atomic mass is 35.5. The van der Waals surface area contributed by atoms with Crippen LogP contribution < -0.4 is 4.74 Å². The molecule has 0 spiro atoms. The number of rotatable bonds is 3. The van der Waals surface area contributed by atoms with Gasteiger partial charge in [0, 0.05) is 11.6 Å². The maximum Gasteiger partial charge on any atom is 0.224 e. The molecule has 0 amide bonds. The second-order valence-electron chi connectivity index (χ2n) is 3.45. The zero-order valence-corrected chi connectivity index (χ0v) is 9.79. The second-order valence-corrected chi connectivity index (χ2v) is 3.86. The summed E-state index contributed by atoms with van der Waals surface area (Å²) in [4.78, 5) is 3.68. The molecule has 6 heteroatoms. The fraction of sp³-hybridized carbons (Fsp3) is 0.0833. The van der Waals surface area contributed by atoms with Gasteiger partial charge in [-0.1, -0.05) is 11.6 Å². The molecule has 1 N–H and O–H groups in total. The first-order valence-electron chi connectivity index (χ1n) is 4.98. The van der Waals surface area contributed by atoms with Crippen molar-refractivity contribution in [2.24, 2.45) is 0 Å². The highest BCUT2D eigenvalue weighted by Gasteiger charge is 2.09. The molecule has 0 aliphatic carbocycles. The van der Waals surface area contributed by atoms with Crippen LogP contribution in [-0.2, 0) is 6.61 Å². The molecule has 0 atom stereocenters. The molecule has 0 aliphatic heterocycles. The van der Waals surface area contributed by atoms with E-state index in [0.29, 0.717) is 0 Å². The summed E-state index contributed by atoms with van der Waals surface area (Å²) in [5.41, 5.74) is 0.172. The first kappa shape index (κ1) is 12.7. The van der Waals surface area contributed by atoms with Crippen molar-refractivity contribution in [3.05, 3.63) is 52.7 Å². The molecule has 0 saturated heterocycles. The lowest BCUT2D eigenvalue weighted by Gasteiger charge is -2.08. The Morgan fingerprint density at radius 3 is 2.72 bits per heavy atom. The third-order valence-electron chi connectivity index (χ3n) is 2.17. The van der Waals surface area contributed by atoms with Crippen molar-refractivity contribution in [2.45, 2.75) is 6.61 Å². The molecule has 1 aromatic heterocycles. The second kappa shape index (κ2) is 5.29. The van der Waals surface area contributed by atoms with E-state index in [1.165, 1.54) is 12.1 Å². The van der Waals surface area contributed by atoms with E-state index in [2.05, 4.69) is 4.98 Å². The van der Waals surface area contributed by atoms with Gasteiger partial charge in [-0.2, -0.15) is 0 Å². The zero-order valence-electron chi connectivity index (χ0n) is 9.03. The van der Waals surface area contributed by atoms with Gasteiger partial charge in [0.25, 0.3) is 0 Å². The number of nitrogens with zero attached hydrogens (tertiary/aromatic N) is 1. The number of aromatic nitrogens is 1. The van der Waals surface area contributed by atoms with Crippen molar-refractivity contribution in [3.63, 3.8) is 0 Å². The molecule has 0 fully saturated rings. The van der Waals surface area contributed by atoms with Crippen LogP contribution in [0.4, 0.5) is 8.78 Å². The maximum atomic E-state index is 13.2. The van der Waals surface area contributed by atoms with E-state index in [-0.39, 0.29) is 22.2 Å². The molecule has 1 heterocycles. The minimum Gasteiger partial charge on any atom is -0.439 e. The molecule has 94 valence electrons. The molecule has 0 radical (unpaired) electrons. The molecule has 2 rings (SSSR count). The molecule has 0 bridgehead atoms. The number of benzene rings is 1. The van der Waals surface area contributed by atoms with E-state index < -0.39 is 18.2 Å². The molecular formula is C12H8ClF2NO2. The van der Waals surface area contributed by atoms with Gasteiger partial charge in [0.15, 0.2) is 0 Å². The van der Waals surface area contributed by atoms with Gasteiger partial charge in [-0.3, -0.25) is 0 Å². The monoisotopic (exact) mass is 271 g/mol. The summed E-state index contributed by atoms with van der Waals surface area (Å²) in [6.07, 6.45) is 0.945. The van der Waals surface area contributed by atoms with E-state index in [1.807, 2.05) is 0 Å². The Kier molecular flexibility index (Phi) is 3.74. The summed E-state index contributed by atoms with van der Waals surface area (Å²) in [6, 6.07) is 4.94. The molecule has 0 unspecified atom stereocenters. The van der Waals surface area contributed by atoms with Gasteiger partial charge in [0.1, 0.15) is 17.4 Å². The number of ether oxygens (including phenoxy) is 1. The smallest absolute Gasteiger partial charge is 0.224 e. The third-order valence-corrected chi connectivity index (χ3v) is 2.47. The Labute approximate surface area is 107 Å². The highest BCUT2D eigenvalue weighted by molar-refractivity contribution is 6.30. The highest BCUT2D eigenvalue weighted by Crippen LogP contribution is 2.26. The normalized spacial score (nSPS) is 10.4. The largest absolute Gasteiger partial charge is 0.439 e. The van der Waals surface area contributed by atoms with Gasteiger partial charge in [0.05, 0.1) is 17.8 Å². The van der Waals surface area contributed by atoms with Crippen molar-refractivity contribution in [1.82, 2.24) is 4.98 Å². The van der Waals surface area contributed by atoms with E-state index in [9.17, 15) is 8.78 Å². The van der Waals surface area contributed by atoms with Crippen LogP contribution in [0.3, 0.4) is 0 Å². The lowest BCUT2D eigenvalue weighted by atomic mass is 10.3. The molecule has 2 aromatic rings. The summed E-state index contributed by atoms with van der Waals surface area (Å²) < 4.78 is 31.3. The van der Waals surface area contributed by atoms with Gasteiger partial charge in [-0.15, -0.1) is 0 Å². The lowest BCUT2D eigenvalue weighted by Crippen LogP contribution is -1.96. The number of aliphatic hydroxyl groups is 1. The number of hydrogen-bond acceptors (Lipinski definition) is 3. The van der Waals surface area contributed by atoms with E-state index in [4.69, 9.17) is 21.4 Å². The molecule has 3 nitrogen and oxygen atoms in total. The third kappa shape index (κ3) is 2.75. The van der Waals surface area contributed by atoms with Gasteiger partial charge in [-0.05, 0) is 18.2 Å². The number of pyridine rings is 1. The fourth-order valence-corrected chi connectivity index (χ4v) is 1.44. The van der Waals surface area contributed by atoms with Crippen LogP contribution >= 0.6 is 11.6 Å². The average molecular weight is 272 g/mol. The van der Waals surface area contributed by atoms with Crippen LogP contribution in [0.15, 0.2) is 30.5 Å². The van der Waals surface area contributed by atoms with Crippen molar-refractivity contribution in [1.29, 1.82) is 0 Å². The Morgan fingerprint density at radius 2 is 2.06 bits per heavy atom. The van der Waals surface area contributed by atoms with E-state index in [1.54, 1.807) is 0 Å². The Balaban J connectivity index is 2.30. The van der Waals surface area contributed by atoms with Crippen LogP contribution in [0.5, 0.6) is 11.6 Å². The van der Waals surface area contributed by atoms with Crippen LogP contribution in [0, 0.1) is 11.6 Å². The molecule has 18 heavy (non-hydrogen) atoms. The average Bonchev–Trinajstić information content (AvgIpc) is 2.36. The van der Waals surface area contributed by atoms with Crippen molar-refractivity contribution in [3.8, 4) is 11.6 Å². The zero-order chi connectivity index (χ0) is 13.1. The van der Waals surface area contributed by atoms with Gasteiger partial charge in [0.2, 0.25) is 5.88 Å². The number of aliphatic hydroxyl groups excluding tert-OH is 1. The Bertz CT molecular complexity index is 578. The standard InChI is InChI=1S/C12H8ClF2NO2/c13-10-2-1-9(4-11(10)15)18-12-7(6-17)3-8(14)5-16-12/h1-5,17H,6H2. The number of halogens is 3. The van der Waals surface area contributed by atoms with Crippen LogP contribution in [0.1, 0.15) is 5.56 Å². The van der Waals surface area contributed by atoms with Crippen molar-refractivity contribution >= 4 is 11.6 Å². The summed E-state index contributed by atoms with van der Waals surface area (Å²) in [5.74, 6) is -1.05. The van der Waals surface area contributed by atoms with E-state index >= 15 is 0 Å². The Morgan fingerprint density at radius 1 is 1.28 bits per heavy atom. The van der Waals surface area contributed by atoms with Crippen LogP contribution in [0.25, 0.3) is 0 Å². The SMILES string of the molecule is OCc1cc(F)cnc1Oc1ccc(Cl)c(F)c1. The summed E-state index contributed by atoms with van der Waals surface area (Å²) in [6.45, 7) is -0.434. The molecule has 0 saturated carbocycles. The summed E-state index contributed by atoms with van der Waals surface area (Å²) >= 11 is 5.53. The Hall–Kier alpha value is -1.72. The quantitative estimate of drug-likeness (QED) is 0.931. The van der Waals surface area contributed by atoms with Gasteiger partial charge < -0.3 is 9.84 Å². The predicted molar refractivity (Wildman–Crippen MR) is 61.6 cm³/mol. The van der Waals surface area contributed by atoms with Crippen LogP contribution in [-0.4, -0.2) is 10.1 Å². The van der Waals surface area contributed by atoms with E-state index in [0.717, 1.165) is 18.3 Å². The van der Waals surface area contributed by atoms with Gasteiger partial charge >= 0.3 is 0 Å². The minimum absolute atomic E-state index is 0.0145. The van der Waals surface area contributed by atoms with Gasteiger partial charge in [-0.25, -0.2) is 13.8 Å². The molecule has 1 aromatic carbocycles. The minimum atomic E-state index is -0.637. The van der Waals surface area contributed by atoms with Crippen molar-refractivity contribution in [2.75, 3.05) is 0 Å². The van der Waals surface area contributed by atoms with Crippen LogP contribution in [0.2, 0.25) is 5.02 Å². The molecular weight excluding hydrogens is 264 g/mol.